The summed E-state index contributed by atoms with van der Waals surface area (Å²) in [5, 5.41) is 17.3. The Balaban J connectivity index is 1.58. The van der Waals surface area contributed by atoms with Gasteiger partial charge >= 0.3 is 6.09 Å². The number of fused-ring (bicyclic) bond motifs is 1. The van der Waals surface area contributed by atoms with Crippen molar-refractivity contribution in [2.75, 3.05) is 0 Å². The van der Waals surface area contributed by atoms with E-state index in [4.69, 9.17) is 0 Å². The van der Waals surface area contributed by atoms with Gasteiger partial charge < -0.3 is 15.3 Å². The molecule has 2 heterocycles. The number of hydrogen-bond acceptors (Lipinski definition) is 3. The summed E-state index contributed by atoms with van der Waals surface area (Å²) in [5.74, 6) is -0.441. The Morgan fingerprint density at radius 3 is 2.59 bits per heavy atom. The molecule has 1 saturated heterocycles. The number of likely N-dealkylation sites (tertiary alicyclic amines) is 1. The van der Waals surface area contributed by atoms with Crippen LogP contribution in [0.4, 0.5) is 9.18 Å². The Morgan fingerprint density at radius 1 is 1.15 bits per heavy atom. The number of hydrogen-bond donors (Lipinski definition) is 2. The number of rotatable bonds is 5. The van der Waals surface area contributed by atoms with Crippen molar-refractivity contribution in [3.05, 3.63) is 95.9 Å². The molecule has 3 aromatic carbocycles. The standard InChI is InChI=1S/C26H23FN4O3/c1-26(23(29-25(33)34)14-24(32)30(26)16-17-5-3-2-4-6-17)19-7-12-22-18(13-19)15-28-31(22)21-10-8-20(27)9-11-21/h2-13,15,23,29H,14,16H2,1H3,(H,33,34). The molecular weight excluding hydrogens is 435 g/mol. The van der Waals surface area contributed by atoms with E-state index in [1.807, 2.05) is 55.5 Å². The molecule has 1 fully saturated rings. The van der Waals surface area contributed by atoms with Crippen LogP contribution in [0, 0.1) is 5.82 Å². The molecule has 172 valence electrons. The van der Waals surface area contributed by atoms with Crippen LogP contribution >= 0.6 is 0 Å². The van der Waals surface area contributed by atoms with Crippen LogP contribution in [0.2, 0.25) is 0 Å². The smallest absolute Gasteiger partial charge is 0.404 e. The van der Waals surface area contributed by atoms with Gasteiger partial charge in [-0.25, -0.2) is 13.9 Å². The molecule has 2 amide bonds. The second-order valence-corrected chi connectivity index (χ2v) is 8.63. The lowest BCUT2D eigenvalue weighted by molar-refractivity contribution is -0.131. The van der Waals surface area contributed by atoms with Crippen molar-refractivity contribution >= 4 is 22.9 Å². The lowest BCUT2D eigenvalue weighted by atomic mass is 9.84. The topological polar surface area (TPSA) is 87.5 Å². The Kier molecular flexibility index (Phi) is 5.28. The second kappa shape index (κ2) is 8.30. The van der Waals surface area contributed by atoms with E-state index < -0.39 is 17.7 Å². The number of carboxylic acid groups (broad SMARTS) is 1. The van der Waals surface area contributed by atoms with Crippen molar-refractivity contribution in [1.82, 2.24) is 20.0 Å². The summed E-state index contributed by atoms with van der Waals surface area (Å²) in [6, 6.07) is 20.8. The van der Waals surface area contributed by atoms with Crippen LogP contribution in [0.1, 0.15) is 24.5 Å². The zero-order valence-electron chi connectivity index (χ0n) is 18.5. The van der Waals surface area contributed by atoms with E-state index in [1.54, 1.807) is 27.9 Å². The summed E-state index contributed by atoms with van der Waals surface area (Å²) in [6.45, 7) is 2.26. The third kappa shape index (κ3) is 3.67. The summed E-state index contributed by atoms with van der Waals surface area (Å²) in [6.07, 6.45) is 0.613. The Morgan fingerprint density at radius 2 is 1.88 bits per heavy atom. The molecule has 0 saturated carbocycles. The van der Waals surface area contributed by atoms with Gasteiger partial charge in [0.15, 0.2) is 0 Å². The lowest BCUT2D eigenvalue weighted by Crippen LogP contribution is -2.52. The molecule has 8 heteroatoms. The molecular formula is C26H23FN4O3. The maximum atomic E-state index is 13.4. The van der Waals surface area contributed by atoms with Gasteiger partial charge in [0.1, 0.15) is 5.82 Å². The molecule has 1 aliphatic rings. The maximum Gasteiger partial charge on any atom is 0.404 e. The van der Waals surface area contributed by atoms with Crippen LogP contribution in [0.5, 0.6) is 0 Å². The Bertz CT molecular complexity index is 1370. The van der Waals surface area contributed by atoms with E-state index in [0.29, 0.717) is 6.54 Å². The van der Waals surface area contributed by atoms with Gasteiger partial charge in [0.25, 0.3) is 0 Å². The average molecular weight is 458 g/mol. The SMILES string of the molecule is CC1(c2ccc3c(cnn3-c3ccc(F)cc3)c2)C(NC(=O)O)CC(=O)N1Cc1ccccc1. The first kappa shape index (κ1) is 21.6. The highest BCUT2D eigenvalue weighted by atomic mass is 19.1. The number of aromatic nitrogens is 2. The van der Waals surface area contributed by atoms with Gasteiger partial charge in [-0.05, 0) is 54.4 Å². The average Bonchev–Trinajstić information content (AvgIpc) is 3.35. The van der Waals surface area contributed by atoms with Gasteiger partial charge in [-0.3, -0.25) is 4.79 Å². The highest BCUT2D eigenvalue weighted by molar-refractivity contribution is 5.85. The fourth-order valence-corrected chi connectivity index (χ4v) is 4.78. The second-order valence-electron chi connectivity index (χ2n) is 8.63. The predicted molar refractivity (Wildman–Crippen MR) is 125 cm³/mol. The van der Waals surface area contributed by atoms with Gasteiger partial charge in [-0.2, -0.15) is 5.10 Å². The molecule has 2 N–H and O–H groups in total. The lowest BCUT2D eigenvalue weighted by Gasteiger charge is -2.40. The molecule has 4 aromatic rings. The molecule has 2 atom stereocenters. The van der Waals surface area contributed by atoms with Crippen molar-refractivity contribution in [3.63, 3.8) is 0 Å². The molecule has 7 nitrogen and oxygen atoms in total. The zero-order valence-corrected chi connectivity index (χ0v) is 18.5. The highest BCUT2D eigenvalue weighted by Gasteiger charge is 2.51. The zero-order chi connectivity index (χ0) is 23.9. The van der Waals surface area contributed by atoms with Gasteiger partial charge in [0.05, 0.1) is 29.0 Å². The summed E-state index contributed by atoms with van der Waals surface area (Å²) >= 11 is 0. The molecule has 5 rings (SSSR count). The number of nitrogens with one attached hydrogen (secondary N) is 1. The monoisotopic (exact) mass is 458 g/mol. The van der Waals surface area contributed by atoms with Crippen molar-refractivity contribution in [2.24, 2.45) is 0 Å². The summed E-state index contributed by atoms with van der Waals surface area (Å²) < 4.78 is 15.1. The van der Waals surface area contributed by atoms with Gasteiger partial charge in [0.2, 0.25) is 5.91 Å². The van der Waals surface area contributed by atoms with Crippen LogP contribution in [0.3, 0.4) is 0 Å². The molecule has 34 heavy (non-hydrogen) atoms. The normalized spacial score (nSPS) is 20.1. The minimum Gasteiger partial charge on any atom is -0.465 e. The molecule has 0 aliphatic carbocycles. The number of nitrogens with zero attached hydrogens (tertiary/aromatic N) is 3. The number of amides is 2. The fourth-order valence-electron chi connectivity index (χ4n) is 4.78. The molecule has 0 bridgehead atoms. The van der Waals surface area contributed by atoms with Gasteiger partial charge in [-0.1, -0.05) is 36.4 Å². The predicted octanol–water partition coefficient (Wildman–Crippen LogP) is 4.45. The summed E-state index contributed by atoms with van der Waals surface area (Å²) in [4.78, 5) is 26.4. The van der Waals surface area contributed by atoms with E-state index in [0.717, 1.165) is 27.7 Å². The first-order valence-electron chi connectivity index (χ1n) is 10.9. The molecule has 0 spiro atoms. The van der Waals surface area contributed by atoms with E-state index in [-0.39, 0.29) is 18.1 Å². The van der Waals surface area contributed by atoms with Crippen LogP contribution in [0.15, 0.2) is 79.0 Å². The van der Waals surface area contributed by atoms with E-state index in [2.05, 4.69) is 10.4 Å². The highest BCUT2D eigenvalue weighted by Crippen LogP contribution is 2.41. The number of carbonyl (C=O) groups excluding carboxylic acids is 1. The molecule has 1 aliphatic heterocycles. The van der Waals surface area contributed by atoms with Gasteiger partial charge in [0, 0.05) is 18.4 Å². The minimum atomic E-state index is -1.17. The fraction of sp³-hybridized carbons (Fsp3) is 0.192. The maximum absolute atomic E-state index is 13.4. The van der Waals surface area contributed by atoms with Crippen LogP contribution in [-0.2, 0) is 16.9 Å². The molecule has 2 unspecified atom stereocenters. The van der Waals surface area contributed by atoms with E-state index in [9.17, 15) is 19.1 Å². The molecule has 0 radical (unpaired) electrons. The summed E-state index contributed by atoms with van der Waals surface area (Å²) in [7, 11) is 0. The van der Waals surface area contributed by atoms with Crippen molar-refractivity contribution < 1.29 is 19.1 Å². The van der Waals surface area contributed by atoms with Crippen molar-refractivity contribution in [1.29, 1.82) is 0 Å². The van der Waals surface area contributed by atoms with Gasteiger partial charge in [-0.15, -0.1) is 0 Å². The number of halogens is 1. The van der Waals surface area contributed by atoms with Crippen molar-refractivity contribution in [2.45, 2.75) is 31.5 Å². The number of benzene rings is 3. The van der Waals surface area contributed by atoms with E-state index in [1.165, 1.54) is 12.1 Å². The quantitative estimate of drug-likeness (QED) is 0.463. The first-order valence-corrected chi connectivity index (χ1v) is 10.9. The largest absolute Gasteiger partial charge is 0.465 e. The third-order valence-electron chi connectivity index (χ3n) is 6.62. The Hall–Kier alpha value is -4.20. The van der Waals surface area contributed by atoms with Crippen LogP contribution in [0.25, 0.3) is 16.6 Å². The van der Waals surface area contributed by atoms with Crippen LogP contribution < -0.4 is 5.32 Å². The third-order valence-corrected chi connectivity index (χ3v) is 6.62. The van der Waals surface area contributed by atoms with Crippen LogP contribution in [-0.4, -0.2) is 37.8 Å². The molecule has 1 aromatic heterocycles. The first-order chi connectivity index (χ1) is 16.4. The summed E-state index contributed by atoms with van der Waals surface area (Å²) in [5.41, 5.74) is 2.41. The van der Waals surface area contributed by atoms with Crippen molar-refractivity contribution in [3.8, 4) is 5.69 Å². The van der Waals surface area contributed by atoms with E-state index >= 15 is 0 Å². The Labute approximate surface area is 195 Å². The minimum absolute atomic E-state index is 0.0719. The number of carbonyl (C=O) groups is 2.